The smallest absolute Gasteiger partial charge is 0.142 e. The zero-order valence-electron chi connectivity index (χ0n) is 12.4. The molecule has 21 heavy (non-hydrogen) atoms. The average molecular weight is 288 g/mol. The van der Waals surface area contributed by atoms with Crippen LogP contribution in [-0.4, -0.2) is 37.9 Å². The molecule has 0 aliphatic carbocycles. The van der Waals surface area contributed by atoms with Crippen LogP contribution in [0.5, 0.6) is 5.75 Å². The Bertz CT molecular complexity index is 498. The van der Waals surface area contributed by atoms with Gasteiger partial charge in [0.1, 0.15) is 12.4 Å². The van der Waals surface area contributed by atoms with Crippen LogP contribution >= 0.6 is 0 Å². The summed E-state index contributed by atoms with van der Waals surface area (Å²) in [5.74, 6) is 1.20. The van der Waals surface area contributed by atoms with Gasteiger partial charge in [-0.25, -0.2) is 0 Å². The van der Waals surface area contributed by atoms with Crippen molar-refractivity contribution in [3.05, 3.63) is 36.4 Å². The molecular weight excluding hydrogens is 264 g/mol. The van der Waals surface area contributed by atoms with Crippen molar-refractivity contribution in [1.29, 1.82) is 0 Å². The maximum absolute atomic E-state index is 10.6. The second kappa shape index (κ2) is 6.50. The molecular formula is C17H24N2O2. The number of nitrogens with one attached hydrogen (secondary N) is 1. The third-order valence-electron chi connectivity index (χ3n) is 4.41. The van der Waals surface area contributed by atoms with Crippen LogP contribution in [0.4, 0.5) is 5.69 Å². The summed E-state index contributed by atoms with van der Waals surface area (Å²) in [7, 11) is 0. The first-order valence-electron chi connectivity index (χ1n) is 7.81. The van der Waals surface area contributed by atoms with Crippen molar-refractivity contribution in [2.24, 2.45) is 5.92 Å². The molecule has 0 bridgehead atoms. The van der Waals surface area contributed by atoms with Crippen LogP contribution in [0.3, 0.4) is 0 Å². The number of anilines is 1. The summed E-state index contributed by atoms with van der Waals surface area (Å²) in [4.78, 5) is 2.25. The van der Waals surface area contributed by atoms with Gasteiger partial charge in [0.25, 0.3) is 0 Å². The van der Waals surface area contributed by atoms with E-state index >= 15 is 0 Å². The Balaban J connectivity index is 1.83. The Morgan fingerprint density at radius 1 is 1.52 bits per heavy atom. The normalized spacial score (nSPS) is 23.1. The molecule has 4 heteroatoms. The van der Waals surface area contributed by atoms with E-state index in [2.05, 4.69) is 22.9 Å². The molecule has 1 saturated heterocycles. The summed E-state index contributed by atoms with van der Waals surface area (Å²) in [5.41, 5.74) is 2.06. The minimum absolute atomic E-state index is 0.300. The SMILES string of the molecule is C=CCN1CCOc2ccc(C(O)C3CCCNC3)cc21. The molecule has 0 amide bonds. The number of nitrogens with zero attached hydrogens (tertiary/aromatic N) is 1. The highest BCUT2D eigenvalue weighted by Crippen LogP contribution is 2.36. The highest BCUT2D eigenvalue weighted by atomic mass is 16.5. The van der Waals surface area contributed by atoms with Gasteiger partial charge in [0.15, 0.2) is 0 Å². The molecule has 0 radical (unpaired) electrons. The Kier molecular flexibility index (Phi) is 4.46. The van der Waals surface area contributed by atoms with Crippen molar-refractivity contribution in [2.45, 2.75) is 18.9 Å². The van der Waals surface area contributed by atoms with Crippen LogP contribution in [0.25, 0.3) is 0 Å². The summed E-state index contributed by atoms with van der Waals surface area (Å²) in [5, 5.41) is 14.0. The maximum atomic E-state index is 10.6. The molecule has 1 aromatic carbocycles. The van der Waals surface area contributed by atoms with E-state index < -0.39 is 6.10 Å². The number of fused-ring (bicyclic) bond motifs is 1. The van der Waals surface area contributed by atoms with Gasteiger partial charge in [-0.2, -0.15) is 0 Å². The second-order valence-electron chi connectivity index (χ2n) is 5.86. The average Bonchev–Trinajstić information content (AvgIpc) is 2.55. The van der Waals surface area contributed by atoms with E-state index in [0.29, 0.717) is 12.5 Å². The largest absolute Gasteiger partial charge is 0.490 e. The van der Waals surface area contributed by atoms with E-state index in [4.69, 9.17) is 4.74 Å². The predicted octanol–water partition coefficient (Wildman–Crippen LogP) is 2.10. The zero-order chi connectivity index (χ0) is 14.7. The number of hydrogen-bond donors (Lipinski definition) is 2. The third-order valence-corrected chi connectivity index (χ3v) is 4.41. The Morgan fingerprint density at radius 3 is 3.19 bits per heavy atom. The summed E-state index contributed by atoms with van der Waals surface area (Å²) < 4.78 is 5.71. The van der Waals surface area contributed by atoms with Crippen molar-refractivity contribution in [2.75, 3.05) is 37.7 Å². The van der Waals surface area contributed by atoms with Crippen molar-refractivity contribution in [3.63, 3.8) is 0 Å². The molecule has 2 unspecified atom stereocenters. The number of piperidine rings is 1. The molecule has 4 nitrogen and oxygen atoms in total. The lowest BCUT2D eigenvalue weighted by Gasteiger charge is -2.32. The van der Waals surface area contributed by atoms with Crippen molar-refractivity contribution in [3.8, 4) is 5.75 Å². The van der Waals surface area contributed by atoms with Gasteiger partial charge in [-0.1, -0.05) is 12.1 Å². The Morgan fingerprint density at radius 2 is 2.43 bits per heavy atom. The van der Waals surface area contributed by atoms with Gasteiger partial charge >= 0.3 is 0 Å². The monoisotopic (exact) mass is 288 g/mol. The van der Waals surface area contributed by atoms with Crippen molar-refractivity contribution in [1.82, 2.24) is 5.32 Å². The number of rotatable bonds is 4. The fourth-order valence-electron chi connectivity index (χ4n) is 3.24. The molecule has 0 spiro atoms. The topological polar surface area (TPSA) is 44.7 Å². The molecule has 2 atom stereocenters. The lowest BCUT2D eigenvalue weighted by atomic mass is 9.89. The van der Waals surface area contributed by atoms with E-state index in [-0.39, 0.29) is 0 Å². The number of benzene rings is 1. The van der Waals surface area contributed by atoms with E-state index in [1.165, 1.54) is 0 Å². The van der Waals surface area contributed by atoms with Crippen molar-refractivity contribution >= 4 is 5.69 Å². The van der Waals surface area contributed by atoms with Gasteiger partial charge in [-0.3, -0.25) is 0 Å². The van der Waals surface area contributed by atoms with E-state index in [9.17, 15) is 5.11 Å². The van der Waals surface area contributed by atoms with Crippen LogP contribution in [0.2, 0.25) is 0 Å². The van der Waals surface area contributed by atoms with Gasteiger partial charge in [0.05, 0.1) is 18.3 Å². The zero-order valence-corrected chi connectivity index (χ0v) is 12.4. The third kappa shape index (κ3) is 3.06. The fourth-order valence-corrected chi connectivity index (χ4v) is 3.24. The van der Waals surface area contributed by atoms with Gasteiger partial charge < -0.3 is 20.1 Å². The Hall–Kier alpha value is -1.52. The van der Waals surface area contributed by atoms with Crippen LogP contribution < -0.4 is 15.0 Å². The molecule has 2 aliphatic heterocycles. The standard InChI is InChI=1S/C17H24N2O2/c1-2-8-19-9-10-21-16-6-5-13(11-15(16)19)17(20)14-4-3-7-18-12-14/h2,5-6,11,14,17-18,20H,1,3-4,7-10,12H2. The lowest BCUT2D eigenvalue weighted by molar-refractivity contribution is 0.0921. The van der Waals surface area contributed by atoms with Crippen LogP contribution in [0.15, 0.2) is 30.9 Å². The second-order valence-corrected chi connectivity index (χ2v) is 5.86. The number of aliphatic hydroxyl groups excluding tert-OH is 1. The van der Waals surface area contributed by atoms with E-state index in [1.807, 2.05) is 18.2 Å². The molecule has 3 rings (SSSR count). The van der Waals surface area contributed by atoms with E-state index in [0.717, 1.165) is 56.0 Å². The minimum Gasteiger partial charge on any atom is -0.490 e. The lowest BCUT2D eigenvalue weighted by Crippen LogP contribution is -2.34. The molecule has 0 aromatic heterocycles. The van der Waals surface area contributed by atoms with Crippen LogP contribution in [-0.2, 0) is 0 Å². The number of aliphatic hydroxyl groups is 1. The predicted molar refractivity (Wildman–Crippen MR) is 84.9 cm³/mol. The highest BCUT2D eigenvalue weighted by Gasteiger charge is 2.25. The minimum atomic E-state index is -0.407. The Labute approximate surface area is 126 Å². The van der Waals surface area contributed by atoms with Gasteiger partial charge in [0, 0.05) is 19.0 Å². The summed E-state index contributed by atoms with van der Waals surface area (Å²) in [6.45, 7) is 8.15. The molecule has 2 aliphatic rings. The summed E-state index contributed by atoms with van der Waals surface area (Å²) >= 11 is 0. The number of hydrogen-bond acceptors (Lipinski definition) is 4. The molecule has 1 aromatic rings. The molecule has 2 heterocycles. The van der Waals surface area contributed by atoms with Crippen LogP contribution in [0.1, 0.15) is 24.5 Å². The first-order valence-corrected chi connectivity index (χ1v) is 7.81. The van der Waals surface area contributed by atoms with E-state index in [1.54, 1.807) is 0 Å². The molecule has 0 saturated carbocycles. The first-order chi connectivity index (χ1) is 10.3. The van der Waals surface area contributed by atoms with Gasteiger partial charge in [-0.05, 0) is 37.1 Å². The first kappa shape index (κ1) is 14.4. The quantitative estimate of drug-likeness (QED) is 0.833. The highest BCUT2D eigenvalue weighted by molar-refractivity contribution is 5.62. The maximum Gasteiger partial charge on any atom is 0.142 e. The van der Waals surface area contributed by atoms with Crippen LogP contribution in [0, 0.1) is 5.92 Å². The molecule has 1 fully saturated rings. The van der Waals surface area contributed by atoms with Gasteiger partial charge in [-0.15, -0.1) is 6.58 Å². The molecule has 114 valence electrons. The summed E-state index contributed by atoms with van der Waals surface area (Å²) in [6.07, 6.45) is 3.72. The fraction of sp³-hybridized carbons (Fsp3) is 0.529. The van der Waals surface area contributed by atoms with Gasteiger partial charge in [0.2, 0.25) is 0 Å². The number of ether oxygens (including phenoxy) is 1. The van der Waals surface area contributed by atoms with Crippen molar-refractivity contribution < 1.29 is 9.84 Å². The molecule has 2 N–H and O–H groups in total. The summed E-state index contributed by atoms with van der Waals surface area (Å²) in [6, 6.07) is 6.06.